The average Bonchev–Trinajstić information content (AvgIpc) is 2.91. The van der Waals surface area contributed by atoms with Gasteiger partial charge in [0.25, 0.3) is 0 Å². The van der Waals surface area contributed by atoms with Crippen LogP contribution in [0.2, 0.25) is 0 Å². The molecule has 106 valence electrons. The molecule has 0 aliphatic heterocycles. The Morgan fingerprint density at radius 3 is 2.79 bits per heavy atom. The van der Waals surface area contributed by atoms with E-state index in [9.17, 15) is 4.39 Å². The summed E-state index contributed by atoms with van der Waals surface area (Å²) < 4.78 is 14.7. The molecule has 0 aromatic heterocycles. The predicted octanol–water partition coefficient (Wildman–Crippen LogP) is 4.69. The molecule has 0 bridgehead atoms. The van der Waals surface area contributed by atoms with E-state index < -0.39 is 0 Å². The number of likely N-dealkylation sites (N-methyl/N-ethyl adjacent to an activating group) is 1. The minimum absolute atomic E-state index is 0.0932. The first-order chi connectivity index (χ1) is 9.19. The van der Waals surface area contributed by atoms with Crippen molar-refractivity contribution in [1.82, 2.24) is 5.32 Å². The highest BCUT2D eigenvalue weighted by Crippen LogP contribution is 2.29. The molecule has 1 aliphatic carbocycles. The maximum atomic E-state index is 13.8. The fourth-order valence-electron chi connectivity index (χ4n) is 3.05. The summed E-state index contributed by atoms with van der Waals surface area (Å²) in [5.74, 6) is 0.813. The van der Waals surface area contributed by atoms with Gasteiger partial charge in [0.15, 0.2) is 0 Å². The molecule has 0 amide bonds. The van der Waals surface area contributed by atoms with Gasteiger partial charge in [-0.15, -0.1) is 0 Å². The number of rotatable bonds is 6. The molecule has 1 saturated carbocycles. The molecular weight excluding hydrogens is 305 g/mol. The van der Waals surface area contributed by atoms with E-state index >= 15 is 0 Å². The van der Waals surface area contributed by atoms with Crippen LogP contribution in [0.25, 0.3) is 0 Å². The van der Waals surface area contributed by atoms with E-state index in [4.69, 9.17) is 0 Å². The van der Waals surface area contributed by atoms with Crippen molar-refractivity contribution in [2.75, 3.05) is 7.05 Å². The number of halogens is 2. The van der Waals surface area contributed by atoms with Crippen LogP contribution < -0.4 is 5.32 Å². The van der Waals surface area contributed by atoms with Crippen LogP contribution in [-0.2, 0) is 6.42 Å². The first-order valence-corrected chi connectivity index (χ1v) is 8.09. The zero-order chi connectivity index (χ0) is 13.7. The van der Waals surface area contributed by atoms with Crippen molar-refractivity contribution >= 4 is 15.9 Å². The average molecular weight is 328 g/mol. The SMILES string of the molecule is CNC(CCC1CCCC1)Cc1cc(Br)ccc1F. The minimum atomic E-state index is -0.0932. The van der Waals surface area contributed by atoms with Gasteiger partial charge in [-0.2, -0.15) is 0 Å². The van der Waals surface area contributed by atoms with Crippen molar-refractivity contribution in [3.63, 3.8) is 0 Å². The Morgan fingerprint density at radius 2 is 2.11 bits per heavy atom. The van der Waals surface area contributed by atoms with Crippen molar-refractivity contribution in [1.29, 1.82) is 0 Å². The Kier molecular flexibility index (Phi) is 5.83. The summed E-state index contributed by atoms with van der Waals surface area (Å²) in [7, 11) is 1.98. The Hall–Kier alpha value is -0.410. The van der Waals surface area contributed by atoms with Crippen molar-refractivity contribution in [3.8, 4) is 0 Å². The summed E-state index contributed by atoms with van der Waals surface area (Å²) in [6.45, 7) is 0. The lowest BCUT2D eigenvalue weighted by Crippen LogP contribution is -2.28. The molecular formula is C16H23BrFN. The highest BCUT2D eigenvalue weighted by Gasteiger charge is 2.17. The zero-order valence-electron chi connectivity index (χ0n) is 11.6. The standard InChI is InChI=1S/C16H23BrFN/c1-19-15(8-6-12-4-2-3-5-12)11-13-10-14(17)7-9-16(13)18/h7,9-10,12,15,19H,2-6,8,11H2,1H3. The lowest BCUT2D eigenvalue weighted by molar-refractivity contribution is 0.415. The van der Waals surface area contributed by atoms with Crippen LogP contribution in [0.4, 0.5) is 4.39 Å². The van der Waals surface area contributed by atoms with Gasteiger partial charge < -0.3 is 5.32 Å². The number of nitrogens with one attached hydrogen (secondary N) is 1. The molecule has 2 rings (SSSR count). The third-order valence-corrected chi connectivity index (χ3v) is 4.77. The van der Waals surface area contributed by atoms with Crippen LogP contribution in [-0.4, -0.2) is 13.1 Å². The fraction of sp³-hybridized carbons (Fsp3) is 0.625. The van der Waals surface area contributed by atoms with Gasteiger partial charge in [-0.05, 0) is 56.0 Å². The lowest BCUT2D eigenvalue weighted by atomic mass is 9.95. The molecule has 1 aromatic rings. The number of hydrogen-bond donors (Lipinski definition) is 1. The van der Waals surface area contributed by atoms with Gasteiger partial charge in [0, 0.05) is 10.5 Å². The second-order valence-corrected chi connectivity index (χ2v) is 6.57. The molecule has 1 aliphatic rings. The van der Waals surface area contributed by atoms with E-state index in [2.05, 4.69) is 21.2 Å². The molecule has 0 radical (unpaired) electrons. The van der Waals surface area contributed by atoms with Crippen LogP contribution in [0.5, 0.6) is 0 Å². The topological polar surface area (TPSA) is 12.0 Å². The first-order valence-electron chi connectivity index (χ1n) is 7.30. The van der Waals surface area contributed by atoms with E-state index in [-0.39, 0.29) is 5.82 Å². The molecule has 0 spiro atoms. The smallest absolute Gasteiger partial charge is 0.126 e. The Labute approximate surface area is 124 Å². The normalized spacial score (nSPS) is 17.8. The quantitative estimate of drug-likeness (QED) is 0.799. The van der Waals surface area contributed by atoms with Crippen LogP contribution in [0.1, 0.15) is 44.1 Å². The van der Waals surface area contributed by atoms with Crippen molar-refractivity contribution in [2.45, 2.75) is 51.0 Å². The van der Waals surface area contributed by atoms with Gasteiger partial charge in [0.05, 0.1) is 0 Å². The van der Waals surface area contributed by atoms with Gasteiger partial charge in [0.1, 0.15) is 5.82 Å². The van der Waals surface area contributed by atoms with Gasteiger partial charge in [-0.3, -0.25) is 0 Å². The molecule has 1 aromatic carbocycles. The minimum Gasteiger partial charge on any atom is -0.317 e. The summed E-state index contributed by atoms with van der Waals surface area (Å²) in [4.78, 5) is 0. The van der Waals surface area contributed by atoms with Gasteiger partial charge >= 0.3 is 0 Å². The third-order valence-electron chi connectivity index (χ3n) is 4.28. The van der Waals surface area contributed by atoms with Crippen LogP contribution in [0, 0.1) is 11.7 Å². The van der Waals surface area contributed by atoms with Crippen molar-refractivity contribution in [2.24, 2.45) is 5.92 Å². The highest BCUT2D eigenvalue weighted by atomic mass is 79.9. The summed E-state index contributed by atoms with van der Waals surface area (Å²) >= 11 is 3.41. The maximum Gasteiger partial charge on any atom is 0.126 e. The molecule has 1 unspecified atom stereocenters. The van der Waals surface area contributed by atoms with Crippen LogP contribution >= 0.6 is 15.9 Å². The molecule has 3 heteroatoms. The molecule has 0 saturated heterocycles. The highest BCUT2D eigenvalue weighted by molar-refractivity contribution is 9.10. The molecule has 19 heavy (non-hydrogen) atoms. The van der Waals surface area contributed by atoms with E-state index in [0.717, 1.165) is 28.8 Å². The number of hydrogen-bond acceptors (Lipinski definition) is 1. The molecule has 1 fully saturated rings. The molecule has 1 nitrogen and oxygen atoms in total. The summed E-state index contributed by atoms with van der Waals surface area (Å²) in [5, 5.41) is 3.34. The Bertz CT molecular complexity index is 402. The van der Waals surface area contributed by atoms with Crippen LogP contribution in [0.3, 0.4) is 0 Å². The largest absolute Gasteiger partial charge is 0.317 e. The van der Waals surface area contributed by atoms with Gasteiger partial charge in [-0.25, -0.2) is 4.39 Å². The Morgan fingerprint density at radius 1 is 1.37 bits per heavy atom. The van der Waals surface area contributed by atoms with E-state index in [1.165, 1.54) is 32.1 Å². The van der Waals surface area contributed by atoms with E-state index in [0.29, 0.717) is 6.04 Å². The zero-order valence-corrected chi connectivity index (χ0v) is 13.2. The predicted molar refractivity (Wildman–Crippen MR) is 81.8 cm³/mol. The maximum absolute atomic E-state index is 13.8. The number of benzene rings is 1. The Balaban J connectivity index is 1.88. The fourth-order valence-corrected chi connectivity index (χ4v) is 3.46. The van der Waals surface area contributed by atoms with Gasteiger partial charge in [0.2, 0.25) is 0 Å². The second-order valence-electron chi connectivity index (χ2n) is 5.65. The van der Waals surface area contributed by atoms with Crippen molar-refractivity contribution < 1.29 is 4.39 Å². The van der Waals surface area contributed by atoms with E-state index in [1.54, 1.807) is 12.1 Å². The van der Waals surface area contributed by atoms with Gasteiger partial charge in [-0.1, -0.05) is 41.6 Å². The van der Waals surface area contributed by atoms with Crippen molar-refractivity contribution in [3.05, 3.63) is 34.1 Å². The van der Waals surface area contributed by atoms with Crippen LogP contribution in [0.15, 0.2) is 22.7 Å². The molecule has 1 N–H and O–H groups in total. The molecule has 1 atom stereocenters. The summed E-state index contributed by atoms with van der Waals surface area (Å²) in [6.07, 6.45) is 8.77. The second kappa shape index (κ2) is 7.39. The third kappa shape index (κ3) is 4.57. The summed E-state index contributed by atoms with van der Waals surface area (Å²) in [6, 6.07) is 5.58. The first kappa shape index (κ1) is 15.0. The molecule has 0 heterocycles. The van der Waals surface area contributed by atoms with E-state index in [1.807, 2.05) is 13.1 Å². The summed E-state index contributed by atoms with van der Waals surface area (Å²) in [5.41, 5.74) is 0.806. The monoisotopic (exact) mass is 327 g/mol. The lowest BCUT2D eigenvalue weighted by Gasteiger charge is -2.19.